The fourth-order valence-electron chi connectivity index (χ4n) is 1.21. The SMILES string of the molecule is CC(CO)CNC(=O)c1cc(OCC(F)F)ccn1. The zero-order valence-corrected chi connectivity index (χ0v) is 10.5. The molecule has 0 bridgehead atoms. The third-order valence-electron chi connectivity index (χ3n) is 2.26. The highest BCUT2D eigenvalue weighted by molar-refractivity contribution is 5.92. The molecule has 0 spiro atoms. The second kappa shape index (κ2) is 7.63. The van der Waals surface area contributed by atoms with E-state index in [0.29, 0.717) is 6.54 Å². The molecule has 19 heavy (non-hydrogen) atoms. The Morgan fingerprint density at radius 3 is 2.95 bits per heavy atom. The van der Waals surface area contributed by atoms with Crippen molar-refractivity contribution in [1.82, 2.24) is 10.3 Å². The second-order valence-electron chi connectivity index (χ2n) is 4.08. The van der Waals surface area contributed by atoms with Crippen LogP contribution in [0.25, 0.3) is 0 Å². The monoisotopic (exact) mass is 274 g/mol. The van der Waals surface area contributed by atoms with Crippen molar-refractivity contribution < 1.29 is 23.4 Å². The zero-order valence-electron chi connectivity index (χ0n) is 10.5. The van der Waals surface area contributed by atoms with Crippen LogP contribution in [0.1, 0.15) is 17.4 Å². The smallest absolute Gasteiger partial charge is 0.272 e. The van der Waals surface area contributed by atoms with Gasteiger partial charge in [0.1, 0.15) is 18.1 Å². The molecule has 1 unspecified atom stereocenters. The zero-order chi connectivity index (χ0) is 14.3. The molecule has 0 aliphatic carbocycles. The van der Waals surface area contributed by atoms with E-state index in [4.69, 9.17) is 9.84 Å². The summed E-state index contributed by atoms with van der Waals surface area (Å²) in [5, 5.41) is 11.4. The van der Waals surface area contributed by atoms with Crippen LogP contribution in [0.15, 0.2) is 18.3 Å². The van der Waals surface area contributed by atoms with Crippen LogP contribution in [0.3, 0.4) is 0 Å². The van der Waals surface area contributed by atoms with Crippen molar-refractivity contribution in [2.24, 2.45) is 5.92 Å². The molecule has 1 heterocycles. The van der Waals surface area contributed by atoms with Crippen LogP contribution in [0, 0.1) is 5.92 Å². The number of nitrogens with zero attached hydrogens (tertiary/aromatic N) is 1. The van der Waals surface area contributed by atoms with Gasteiger partial charge in [-0.05, 0) is 12.0 Å². The number of rotatable bonds is 7. The number of alkyl halides is 2. The molecule has 0 aromatic carbocycles. The second-order valence-corrected chi connectivity index (χ2v) is 4.08. The minimum absolute atomic E-state index is 0.0365. The number of amides is 1. The van der Waals surface area contributed by atoms with Gasteiger partial charge in [-0.2, -0.15) is 0 Å². The minimum Gasteiger partial charge on any atom is -0.488 e. The molecule has 0 radical (unpaired) electrons. The number of carbonyl (C=O) groups excluding carboxylic acids is 1. The summed E-state index contributed by atoms with van der Waals surface area (Å²) in [6.45, 7) is 1.31. The Morgan fingerprint density at radius 1 is 1.58 bits per heavy atom. The topological polar surface area (TPSA) is 71.5 Å². The van der Waals surface area contributed by atoms with Crippen molar-refractivity contribution in [1.29, 1.82) is 0 Å². The number of nitrogens with one attached hydrogen (secondary N) is 1. The Kier molecular flexibility index (Phi) is 6.14. The normalized spacial score (nSPS) is 12.3. The Balaban J connectivity index is 2.57. The maximum Gasteiger partial charge on any atom is 0.272 e. The molecular weight excluding hydrogens is 258 g/mol. The lowest BCUT2D eigenvalue weighted by molar-refractivity contribution is 0.0817. The van der Waals surface area contributed by atoms with Crippen molar-refractivity contribution in [3.05, 3.63) is 24.0 Å². The molecule has 0 aliphatic heterocycles. The molecule has 1 amide bonds. The van der Waals surface area contributed by atoms with Crippen LogP contribution in [0.5, 0.6) is 5.75 Å². The van der Waals surface area contributed by atoms with Crippen LogP contribution in [-0.4, -0.2) is 42.2 Å². The van der Waals surface area contributed by atoms with Crippen LogP contribution in [0.2, 0.25) is 0 Å². The highest BCUT2D eigenvalue weighted by Crippen LogP contribution is 2.12. The molecule has 0 fully saturated rings. The molecule has 0 aliphatic rings. The summed E-state index contributed by atoms with van der Waals surface area (Å²) in [7, 11) is 0. The first-order chi connectivity index (χ1) is 9.02. The van der Waals surface area contributed by atoms with Gasteiger partial charge in [0, 0.05) is 25.4 Å². The molecule has 1 atom stereocenters. The lowest BCUT2D eigenvalue weighted by Gasteiger charge is -2.10. The van der Waals surface area contributed by atoms with E-state index < -0.39 is 18.9 Å². The molecule has 5 nitrogen and oxygen atoms in total. The van der Waals surface area contributed by atoms with E-state index in [2.05, 4.69) is 10.3 Å². The van der Waals surface area contributed by atoms with Crippen molar-refractivity contribution in [3.63, 3.8) is 0 Å². The maximum atomic E-state index is 12.0. The van der Waals surface area contributed by atoms with Crippen molar-refractivity contribution >= 4 is 5.91 Å². The Hall–Kier alpha value is -1.76. The van der Waals surface area contributed by atoms with Crippen LogP contribution >= 0.6 is 0 Å². The summed E-state index contributed by atoms with van der Waals surface area (Å²) in [6, 6.07) is 2.69. The highest BCUT2D eigenvalue weighted by Gasteiger charge is 2.10. The number of pyridine rings is 1. The van der Waals surface area contributed by atoms with Gasteiger partial charge in [-0.3, -0.25) is 9.78 Å². The summed E-state index contributed by atoms with van der Waals surface area (Å²) >= 11 is 0. The van der Waals surface area contributed by atoms with Crippen molar-refractivity contribution in [2.75, 3.05) is 19.8 Å². The third-order valence-corrected chi connectivity index (χ3v) is 2.26. The molecule has 106 valence electrons. The fourth-order valence-corrected chi connectivity index (χ4v) is 1.21. The molecule has 1 aromatic heterocycles. The third kappa shape index (κ3) is 5.60. The van der Waals surface area contributed by atoms with E-state index in [9.17, 15) is 13.6 Å². The van der Waals surface area contributed by atoms with E-state index in [0.717, 1.165) is 0 Å². The van der Waals surface area contributed by atoms with Crippen LogP contribution in [-0.2, 0) is 0 Å². The lowest BCUT2D eigenvalue weighted by atomic mass is 10.2. The quantitative estimate of drug-likeness (QED) is 0.780. The van der Waals surface area contributed by atoms with Gasteiger partial charge in [-0.15, -0.1) is 0 Å². The first-order valence-corrected chi connectivity index (χ1v) is 5.79. The van der Waals surface area contributed by atoms with Gasteiger partial charge in [-0.25, -0.2) is 8.78 Å². The fraction of sp³-hybridized carbons (Fsp3) is 0.500. The summed E-state index contributed by atoms with van der Waals surface area (Å²) in [4.78, 5) is 15.5. The van der Waals surface area contributed by atoms with Crippen LogP contribution in [0.4, 0.5) is 8.78 Å². The summed E-state index contributed by atoms with van der Waals surface area (Å²) in [5.74, 6) is -0.347. The lowest BCUT2D eigenvalue weighted by Crippen LogP contribution is -2.30. The van der Waals surface area contributed by atoms with Crippen molar-refractivity contribution in [3.8, 4) is 5.75 Å². The summed E-state index contributed by atoms with van der Waals surface area (Å²) in [6.07, 6.45) is -1.26. The average molecular weight is 274 g/mol. The number of ether oxygens (including phenoxy) is 1. The summed E-state index contributed by atoms with van der Waals surface area (Å²) in [5.41, 5.74) is 0.0805. The maximum absolute atomic E-state index is 12.0. The van der Waals surface area contributed by atoms with Gasteiger partial charge in [0.2, 0.25) is 0 Å². The summed E-state index contributed by atoms with van der Waals surface area (Å²) < 4.78 is 28.8. The number of aromatic nitrogens is 1. The average Bonchev–Trinajstić information content (AvgIpc) is 2.42. The highest BCUT2D eigenvalue weighted by atomic mass is 19.3. The van der Waals surface area contributed by atoms with Crippen LogP contribution < -0.4 is 10.1 Å². The number of halogens is 2. The van der Waals surface area contributed by atoms with E-state index in [1.807, 2.05) is 0 Å². The number of hydrogen-bond acceptors (Lipinski definition) is 4. The van der Waals surface area contributed by atoms with Gasteiger partial charge >= 0.3 is 0 Å². The first kappa shape index (κ1) is 15.3. The van der Waals surface area contributed by atoms with Gasteiger partial charge in [-0.1, -0.05) is 6.92 Å². The van der Waals surface area contributed by atoms with E-state index in [1.54, 1.807) is 6.92 Å². The largest absolute Gasteiger partial charge is 0.488 e. The molecule has 0 saturated heterocycles. The number of hydrogen-bond donors (Lipinski definition) is 2. The Morgan fingerprint density at radius 2 is 2.32 bits per heavy atom. The Bertz CT molecular complexity index is 416. The molecular formula is C12H16F2N2O3. The molecule has 7 heteroatoms. The predicted molar refractivity (Wildman–Crippen MR) is 64.3 cm³/mol. The molecule has 1 aromatic rings. The number of carbonyl (C=O) groups is 1. The first-order valence-electron chi connectivity index (χ1n) is 5.79. The number of aliphatic hydroxyl groups excluding tert-OH is 1. The van der Waals surface area contributed by atoms with Crippen molar-refractivity contribution in [2.45, 2.75) is 13.3 Å². The predicted octanol–water partition coefficient (Wildman–Crippen LogP) is 1.08. The van der Waals surface area contributed by atoms with E-state index >= 15 is 0 Å². The van der Waals surface area contributed by atoms with E-state index in [1.165, 1.54) is 18.3 Å². The molecule has 0 saturated carbocycles. The van der Waals surface area contributed by atoms with Gasteiger partial charge in [0.25, 0.3) is 12.3 Å². The standard InChI is InChI=1S/C12H16F2N2O3/c1-8(6-17)5-16-12(18)10-4-9(2-3-15-10)19-7-11(13)14/h2-4,8,11,17H,5-7H2,1H3,(H,16,18). The van der Waals surface area contributed by atoms with Gasteiger partial charge in [0.05, 0.1) is 0 Å². The Labute approximate surface area is 109 Å². The van der Waals surface area contributed by atoms with Gasteiger partial charge < -0.3 is 15.2 Å². The molecule has 2 N–H and O–H groups in total. The molecule has 1 rings (SSSR count). The van der Waals surface area contributed by atoms with E-state index in [-0.39, 0.29) is 24.0 Å². The number of aliphatic hydroxyl groups is 1. The minimum atomic E-state index is -2.57. The van der Waals surface area contributed by atoms with Gasteiger partial charge in [0.15, 0.2) is 0 Å².